The highest BCUT2D eigenvalue weighted by Crippen LogP contribution is 2.04. The molecule has 0 saturated heterocycles. The standard InChI is InChI=1S/C8H9IN2O4/c1-3(2)11-6(12)4(9)5(7(13)14)10-8(11)15/h3H,1-2H3,(H,10,15)(H,13,14). The average Bonchev–Trinajstić information content (AvgIpc) is 2.10. The van der Waals surface area contributed by atoms with Gasteiger partial charge in [0.2, 0.25) is 0 Å². The lowest BCUT2D eigenvalue weighted by Crippen LogP contribution is -2.40. The summed E-state index contributed by atoms with van der Waals surface area (Å²) in [6, 6.07) is -0.308. The van der Waals surface area contributed by atoms with Gasteiger partial charge in [0.1, 0.15) is 9.26 Å². The molecule has 0 fully saturated rings. The molecule has 1 aromatic rings. The van der Waals surface area contributed by atoms with Crippen molar-refractivity contribution in [3.05, 3.63) is 30.1 Å². The first-order valence-electron chi connectivity index (χ1n) is 4.14. The highest BCUT2D eigenvalue weighted by molar-refractivity contribution is 14.1. The molecule has 0 atom stereocenters. The molecular weight excluding hydrogens is 315 g/mol. The maximum Gasteiger partial charge on any atom is 0.353 e. The molecule has 15 heavy (non-hydrogen) atoms. The first kappa shape index (κ1) is 12.0. The van der Waals surface area contributed by atoms with Crippen LogP contribution in [0.4, 0.5) is 0 Å². The first-order valence-corrected chi connectivity index (χ1v) is 5.21. The number of aromatic nitrogens is 2. The maximum atomic E-state index is 11.6. The van der Waals surface area contributed by atoms with Crippen LogP contribution in [0.5, 0.6) is 0 Å². The molecule has 0 unspecified atom stereocenters. The van der Waals surface area contributed by atoms with E-state index in [1.165, 1.54) is 0 Å². The Morgan fingerprint density at radius 2 is 2.00 bits per heavy atom. The van der Waals surface area contributed by atoms with Crippen LogP contribution in [0.3, 0.4) is 0 Å². The van der Waals surface area contributed by atoms with Gasteiger partial charge in [0.05, 0.1) is 0 Å². The third-order valence-electron chi connectivity index (χ3n) is 1.81. The van der Waals surface area contributed by atoms with Gasteiger partial charge in [-0.1, -0.05) is 0 Å². The van der Waals surface area contributed by atoms with Gasteiger partial charge in [0.15, 0.2) is 0 Å². The number of aromatic amines is 1. The zero-order valence-corrected chi connectivity index (χ0v) is 10.2. The lowest BCUT2D eigenvalue weighted by molar-refractivity contribution is 0.0687. The Morgan fingerprint density at radius 1 is 1.47 bits per heavy atom. The summed E-state index contributed by atoms with van der Waals surface area (Å²) in [5.74, 6) is -1.32. The normalized spacial score (nSPS) is 10.7. The minimum absolute atomic E-state index is 0.00778. The van der Waals surface area contributed by atoms with Gasteiger partial charge in [-0.2, -0.15) is 0 Å². The number of hydrogen-bond donors (Lipinski definition) is 2. The van der Waals surface area contributed by atoms with Crippen LogP contribution in [-0.2, 0) is 0 Å². The fourth-order valence-corrected chi connectivity index (χ4v) is 1.77. The van der Waals surface area contributed by atoms with Crippen LogP contribution in [-0.4, -0.2) is 20.6 Å². The van der Waals surface area contributed by atoms with E-state index in [2.05, 4.69) is 4.98 Å². The van der Waals surface area contributed by atoms with Crippen LogP contribution in [0.1, 0.15) is 30.4 Å². The number of hydrogen-bond acceptors (Lipinski definition) is 3. The van der Waals surface area contributed by atoms with E-state index >= 15 is 0 Å². The minimum Gasteiger partial charge on any atom is -0.477 e. The number of carboxylic acid groups (broad SMARTS) is 1. The van der Waals surface area contributed by atoms with Crippen molar-refractivity contribution in [2.75, 3.05) is 0 Å². The number of carbonyl (C=O) groups is 1. The molecule has 0 spiro atoms. The van der Waals surface area contributed by atoms with Crippen molar-refractivity contribution in [1.82, 2.24) is 9.55 Å². The average molecular weight is 324 g/mol. The van der Waals surface area contributed by atoms with Crippen molar-refractivity contribution < 1.29 is 9.90 Å². The molecule has 1 aromatic heterocycles. The Kier molecular flexibility index (Phi) is 3.32. The van der Waals surface area contributed by atoms with Crippen LogP contribution in [0.25, 0.3) is 0 Å². The van der Waals surface area contributed by atoms with Gasteiger partial charge in [0, 0.05) is 6.04 Å². The van der Waals surface area contributed by atoms with E-state index in [0.717, 1.165) is 4.57 Å². The molecule has 0 saturated carbocycles. The third kappa shape index (κ3) is 2.11. The number of aromatic carboxylic acids is 1. The number of halogens is 1. The number of H-pyrrole nitrogens is 1. The molecule has 0 amide bonds. The molecule has 0 aliphatic heterocycles. The molecule has 0 radical (unpaired) electrons. The summed E-state index contributed by atoms with van der Waals surface area (Å²) in [7, 11) is 0. The number of nitrogens with one attached hydrogen (secondary N) is 1. The van der Waals surface area contributed by atoms with Crippen LogP contribution < -0.4 is 11.2 Å². The van der Waals surface area contributed by atoms with Crippen molar-refractivity contribution in [2.45, 2.75) is 19.9 Å². The second-order valence-electron chi connectivity index (χ2n) is 3.19. The molecule has 0 aromatic carbocycles. The zero-order valence-electron chi connectivity index (χ0n) is 8.07. The summed E-state index contributed by atoms with van der Waals surface area (Å²) in [6.45, 7) is 3.35. The lowest BCUT2D eigenvalue weighted by atomic mass is 10.3. The predicted molar refractivity (Wildman–Crippen MR) is 61.4 cm³/mol. The second-order valence-corrected chi connectivity index (χ2v) is 4.27. The molecular formula is C8H9IN2O4. The molecule has 0 aliphatic carbocycles. The predicted octanol–water partition coefficient (Wildman–Crippen LogP) is 0.420. The van der Waals surface area contributed by atoms with E-state index in [1.54, 1.807) is 36.4 Å². The number of nitrogens with zero attached hydrogens (tertiary/aromatic N) is 1. The van der Waals surface area contributed by atoms with Gasteiger partial charge in [0.25, 0.3) is 5.56 Å². The van der Waals surface area contributed by atoms with Gasteiger partial charge in [-0.3, -0.25) is 9.36 Å². The molecule has 0 aliphatic rings. The number of carboxylic acids is 1. The largest absolute Gasteiger partial charge is 0.477 e. The smallest absolute Gasteiger partial charge is 0.353 e. The SMILES string of the molecule is CC(C)n1c(=O)[nH]c(C(=O)O)c(I)c1=O. The molecule has 1 heterocycles. The molecule has 6 nitrogen and oxygen atoms in total. The second kappa shape index (κ2) is 4.17. The van der Waals surface area contributed by atoms with Crippen molar-refractivity contribution >= 4 is 28.6 Å². The fourth-order valence-electron chi connectivity index (χ4n) is 1.14. The summed E-state index contributed by atoms with van der Waals surface area (Å²) in [5.41, 5.74) is -1.64. The summed E-state index contributed by atoms with van der Waals surface area (Å²) < 4.78 is 0.988. The van der Waals surface area contributed by atoms with E-state index in [4.69, 9.17) is 5.11 Å². The molecule has 1 rings (SSSR count). The van der Waals surface area contributed by atoms with Crippen molar-refractivity contribution in [1.29, 1.82) is 0 Å². The van der Waals surface area contributed by atoms with Gasteiger partial charge in [-0.05, 0) is 36.4 Å². The monoisotopic (exact) mass is 324 g/mol. The van der Waals surface area contributed by atoms with Crippen LogP contribution in [0.2, 0.25) is 0 Å². The van der Waals surface area contributed by atoms with E-state index < -0.39 is 17.2 Å². The number of rotatable bonds is 2. The Balaban J connectivity index is 3.67. The topological polar surface area (TPSA) is 92.2 Å². The van der Waals surface area contributed by atoms with E-state index in [9.17, 15) is 14.4 Å². The zero-order chi connectivity index (χ0) is 11.7. The summed E-state index contributed by atoms with van der Waals surface area (Å²) in [6.07, 6.45) is 0. The molecule has 82 valence electrons. The Bertz CT molecular complexity index is 514. The summed E-state index contributed by atoms with van der Waals surface area (Å²) >= 11 is 1.61. The Labute approximate surface area is 98.1 Å². The van der Waals surface area contributed by atoms with Crippen LogP contribution >= 0.6 is 22.6 Å². The van der Waals surface area contributed by atoms with E-state index in [-0.39, 0.29) is 15.3 Å². The van der Waals surface area contributed by atoms with Gasteiger partial charge in [-0.25, -0.2) is 9.59 Å². The molecule has 0 bridgehead atoms. The minimum atomic E-state index is -1.32. The van der Waals surface area contributed by atoms with Gasteiger partial charge in [-0.15, -0.1) is 0 Å². The third-order valence-corrected chi connectivity index (χ3v) is 2.81. The lowest BCUT2D eigenvalue weighted by Gasteiger charge is -2.09. The molecule has 7 heteroatoms. The maximum absolute atomic E-state index is 11.6. The van der Waals surface area contributed by atoms with Gasteiger partial charge >= 0.3 is 11.7 Å². The summed E-state index contributed by atoms with van der Waals surface area (Å²) in [4.78, 5) is 35.9. The first-order chi connectivity index (χ1) is 6.86. The molecule has 2 N–H and O–H groups in total. The van der Waals surface area contributed by atoms with Crippen molar-refractivity contribution in [2.24, 2.45) is 0 Å². The van der Waals surface area contributed by atoms with Gasteiger partial charge < -0.3 is 10.1 Å². The van der Waals surface area contributed by atoms with Crippen molar-refractivity contribution in [3.63, 3.8) is 0 Å². The van der Waals surface area contributed by atoms with Crippen LogP contribution in [0, 0.1) is 3.57 Å². The quantitative estimate of drug-likeness (QED) is 0.771. The van der Waals surface area contributed by atoms with Crippen molar-refractivity contribution in [3.8, 4) is 0 Å². The highest BCUT2D eigenvalue weighted by Gasteiger charge is 2.17. The summed E-state index contributed by atoms with van der Waals surface area (Å²) in [5, 5.41) is 8.72. The van der Waals surface area contributed by atoms with E-state index in [1.807, 2.05) is 0 Å². The Hall–Kier alpha value is -1.12. The Morgan fingerprint density at radius 3 is 2.40 bits per heavy atom. The van der Waals surface area contributed by atoms with Crippen LogP contribution in [0.15, 0.2) is 9.59 Å². The van der Waals surface area contributed by atoms with E-state index in [0.29, 0.717) is 0 Å². The fraction of sp³-hybridized carbons (Fsp3) is 0.375. The highest BCUT2D eigenvalue weighted by atomic mass is 127.